The van der Waals surface area contributed by atoms with Gasteiger partial charge >= 0.3 is 0 Å². The number of amides is 4. The summed E-state index contributed by atoms with van der Waals surface area (Å²) >= 11 is 0. The maximum atomic E-state index is 13.0. The third kappa shape index (κ3) is 4.93. The van der Waals surface area contributed by atoms with Gasteiger partial charge in [0.2, 0.25) is 17.7 Å². The highest BCUT2D eigenvalue weighted by Crippen LogP contribution is 2.34. The zero-order valence-electron chi connectivity index (χ0n) is 22.0. The highest BCUT2D eigenvalue weighted by Gasteiger charge is 2.40. The van der Waals surface area contributed by atoms with E-state index in [2.05, 4.69) is 15.1 Å². The summed E-state index contributed by atoms with van der Waals surface area (Å²) < 4.78 is 6.58. The highest BCUT2D eigenvalue weighted by atomic mass is 16.5. The third-order valence-corrected chi connectivity index (χ3v) is 9.22. The van der Waals surface area contributed by atoms with Gasteiger partial charge in [-0.2, -0.15) is 0 Å². The number of nitrogens with zero attached hydrogens (tertiary/aromatic N) is 3. The molecule has 1 aromatic carbocycles. The van der Waals surface area contributed by atoms with Crippen molar-refractivity contribution in [2.75, 3.05) is 26.2 Å². The maximum Gasteiger partial charge on any atom is 0.255 e. The van der Waals surface area contributed by atoms with Crippen molar-refractivity contribution in [3.05, 3.63) is 29.3 Å². The first-order chi connectivity index (χ1) is 18.5. The molecule has 1 aliphatic carbocycles. The zero-order valence-corrected chi connectivity index (χ0v) is 22.0. The Morgan fingerprint density at radius 3 is 2.42 bits per heavy atom. The van der Waals surface area contributed by atoms with Gasteiger partial charge in [0.25, 0.3) is 5.91 Å². The van der Waals surface area contributed by atoms with Crippen molar-refractivity contribution in [3.63, 3.8) is 0 Å². The van der Waals surface area contributed by atoms with Crippen molar-refractivity contribution in [1.29, 1.82) is 0 Å². The van der Waals surface area contributed by atoms with Crippen LogP contribution in [0.25, 0.3) is 0 Å². The van der Waals surface area contributed by atoms with Crippen molar-refractivity contribution < 1.29 is 23.9 Å². The van der Waals surface area contributed by atoms with Crippen LogP contribution in [0.3, 0.4) is 0 Å². The van der Waals surface area contributed by atoms with E-state index in [4.69, 9.17) is 4.74 Å². The lowest BCUT2D eigenvalue weighted by Gasteiger charge is -2.43. The number of imide groups is 1. The van der Waals surface area contributed by atoms with Crippen LogP contribution >= 0.6 is 0 Å². The Bertz CT molecular complexity index is 1110. The average molecular weight is 523 g/mol. The van der Waals surface area contributed by atoms with Gasteiger partial charge in [-0.25, -0.2) is 0 Å². The number of likely N-dealkylation sites (tertiary alicyclic amines) is 2. The molecular formula is C29H38N4O5. The van der Waals surface area contributed by atoms with Crippen molar-refractivity contribution >= 4 is 23.6 Å². The molecule has 38 heavy (non-hydrogen) atoms. The zero-order chi connectivity index (χ0) is 26.2. The third-order valence-electron chi connectivity index (χ3n) is 9.22. The van der Waals surface area contributed by atoms with E-state index >= 15 is 0 Å². The van der Waals surface area contributed by atoms with E-state index in [0.717, 1.165) is 82.4 Å². The first-order valence-corrected chi connectivity index (χ1v) is 14.4. The predicted molar refractivity (Wildman–Crippen MR) is 139 cm³/mol. The van der Waals surface area contributed by atoms with Gasteiger partial charge in [0.05, 0.1) is 0 Å². The second kappa shape index (κ2) is 10.7. The number of hydrogen-bond donors (Lipinski definition) is 1. The van der Waals surface area contributed by atoms with Crippen LogP contribution in [-0.2, 0) is 20.9 Å². The van der Waals surface area contributed by atoms with Crippen LogP contribution < -0.4 is 10.1 Å². The molecule has 0 radical (unpaired) electrons. The van der Waals surface area contributed by atoms with Gasteiger partial charge < -0.3 is 14.5 Å². The lowest BCUT2D eigenvalue weighted by Crippen LogP contribution is -2.52. The standard InChI is InChI=1S/C29H38N4O5/c34-26-10-9-24(27(35)30-26)33-18-20-17-21(7-8-22(20)29(33)37)38-25-6-2-1-5-23(25)31-15-11-19(12-16-31)28(36)32-13-3-4-14-32/h7-8,17,19,23-25H,1-6,9-16,18H2,(H,30,34,35)/t23-,24?,25-/m1/s1. The smallest absolute Gasteiger partial charge is 0.255 e. The molecule has 6 rings (SSSR count). The number of ether oxygens (including phenoxy) is 1. The van der Waals surface area contributed by atoms with E-state index in [1.165, 1.54) is 6.42 Å². The molecule has 0 aromatic heterocycles. The van der Waals surface area contributed by atoms with E-state index in [0.29, 0.717) is 30.5 Å². The van der Waals surface area contributed by atoms with Gasteiger partial charge in [-0.05, 0) is 88.2 Å². The largest absolute Gasteiger partial charge is 0.489 e. The van der Waals surface area contributed by atoms with Crippen molar-refractivity contribution in [2.45, 2.75) is 88.9 Å². The number of carbonyl (C=O) groups is 4. The SMILES string of the molecule is O=C1CCC(N2Cc3cc(O[C@@H]4CCCC[C@H]4N4CCC(C(=O)N5CCCC5)CC4)ccc3C2=O)C(=O)N1. The molecule has 0 spiro atoms. The van der Waals surface area contributed by atoms with Crippen LogP contribution in [0.5, 0.6) is 5.75 Å². The summed E-state index contributed by atoms with van der Waals surface area (Å²) in [6, 6.07) is 5.36. The van der Waals surface area contributed by atoms with Gasteiger partial charge in [0.1, 0.15) is 17.9 Å². The number of fused-ring (bicyclic) bond motifs is 1. The first kappa shape index (κ1) is 25.3. The Morgan fingerprint density at radius 2 is 1.66 bits per heavy atom. The number of piperidine rings is 2. The van der Waals surface area contributed by atoms with Gasteiger partial charge in [-0.3, -0.25) is 29.4 Å². The fourth-order valence-corrected chi connectivity index (χ4v) is 7.11. The summed E-state index contributed by atoms with van der Waals surface area (Å²) in [5.74, 6) is 0.442. The van der Waals surface area contributed by atoms with E-state index in [-0.39, 0.29) is 30.3 Å². The minimum absolute atomic E-state index is 0.0796. The quantitative estimate of drug-likeness (QED) is 0.597. The number of rotatable bonds is 5. The van der Waals surface area contributed by atoms with Crippen LogP contribution in [-0.4, -0.2) is 82.7 Å². The topological polar surface area (TPSA) is 99.3 Å². The van der Waals surface area contributed by atoms with E-state index in [9.17, 15) is 19.2 Å². The van der Waals surface area contributed by atoms with Crippen LogP contribution in [0.4, 0.5) is 0 Å². The molecule has 9 heteroatoms. The second-order valence-corrected chi connectivity index (χ2v) is 11.6. The number of benzene rings is 1. The van der Waals surface area contributed by atoms with Crippen LogP contribution in [0.15, 0.2) is 18.2 Å². The van der Waals surface area contributed by atoms with E-state index in [1.807, 2.05) is 18.2 Å². The van der Waals surface area contributed by atoms with Crippen molar-refractivity contribution in [3.8, 4) is 5.75 Å². The van der Waals surface area contributed by atoms with E-state index < -0.39 is 11.9 Å². The van der Waals surface area contributed by atoms with Crippen molar-refractivity contribution in [1.82, 2.24) is 20.0 Å². The summed E-state index contributed by atoms with van der Waals surface area (Å²) in [4.78, 5) is 56.0. The van der Waals surface area contributed by atoms with Crippen LogP contribution in [0.1, 0.15) is 80.1 Å². The minimum atomic E-state index is -0.611. The normalized spacial score (nSPS) is 28.9. The van der Waals surface area contributed by atoms with Gasteiger partial charge in [-0.15, -0.1) is 0 Å². The minimum Gasteiger partial charge on any atom is -0.489 e. The van der Waals surface area contributed by atoms with Crippen LogP contribution in [0, 0.1) is 5.92 Å². The Morgan fingerprint density at radius 1 is 0.895 bits per heavy atom. The molecule has 9 nitrogen and oxygen atoms in total. The summed E-state index contributed by atoms with van der Waals surface area (Å²) in [6.07, 6.45) is 9.23. The Kier molecular flexibility index (Phi) is 7.12. The molecule has 4 fully saturated rings. The fourth-order valence-electron chi connectivity index (χ4n) is 7.11. The number of nitrogens with one attached hydrogen (secondary N) is 1. The summed E-state index contributed by atoms with van der Waals surface area (Å²) in [5.41, 5.74) is 1.47. The Hall–Kier alpha value is -2.94. The Labute approximate surface area is 223 Å². The number of hydrogen-bond acceptors (Lipinski definition) is 6. The lowest BCUT2D eigenvalue weighted by molar-refractivity contribution is -0.137. The summed E-state index contributed by atoms with van der Waals surface area (Å²) in [5, 5.41) is 2.36. The maximum absolute atomic E-state index is 13.0. The predicted octanol–water partition coefficient (Wildman–Crippen LogP) is 2.47. The van der Waals surface area contributed by atoms with E-state index in [1.54, 1.807) is 4.90 Å². The molecule has 204 valence electrons. The Balaban J connectivity index is 1.09. The highest BCUT2D eigenvalue weighted by molar-refractivity contribution is 6.05. The van der Waals surface area contributed by atoms with Crippen LogP contribution in [0.2, 0.25) is 0 Å². The van der Waals surface area contributed by atoms with Gasteiger partial charge in [0.15, 0.2) is 0 Å². The van der Waals surface area contributed by atoms with Gasteiger partial charge in [0, 0.05) is 43.6 Å². The molecule has 1 aromatic rings. The molecule has 4 amide bonds. The average Bonchev–Trinajstić information content (AvgIpc) is 3.57. The molecule has 1 unspecified atom stereocenters. The summed E-state index contributed by atoms with van der Waals surface area (Å²) in [6.45, 7) is 4.08. The summed E-state index contributed by atoms with van der Waals surface area (Å²) in [7, 11) is 0. The molecular weight excluding hydrogens is 484 g/mol. The molecule has 4 heterocycles. The molecule has 4 aliphatic heterocycles. The number of carbonyl (C=O) groups excluding carboxylic acids is 4. The molecule has 1 N–H and O–H groups in total. The van der Waals surface area contributed by atoms with Crippen molar-refractivity contribution in [2.24, 2.45) is 5.92 Å². The lowest BCUT2D eigenvalue weighted by atomic mass is 9.87. The molecule has 5 aliphatic rings. The first-order valence-electron chi connectivity index (χ1n) is 14.4. The monoisotopic (exact) mass is 522 g/mol. The molecule has 1 saturated carbocycles. The molecule has 3 atom stereocenters. The molecule has 0 bridgehead atoms. The fraction of sp³-hybridized carbons (Fsp3) is 0.655. The second-order valence-electron chi connectivity index (χ2n) is 11.6. The van der Waals surface area contributed by atoms with Gasteiger partial charge in [-0.1, -0.05) is 6.42 Å². The molecule has 3 saturated heterocycles.